The van der Waals surface area contributed by atoms with Gasteiger partial charge in [-0.25, -0.2) is 18.2 Å². The van der Waals surface area contributed by atoms with E-state index in [9.17, 15) is 13.2 Å². The molecule has 0 saturated heterocycles. The van der Waals surface area contributed by atoms with Gasteiger partial charge in [0.25, 0.3) is 0 Å². The maximum absolute atomic E-state index is 13.5. The van der Waals surface area contributed by atoms with Crippen molar-refractivity contribution in [2.75, 3.05) is 0 Å². The number of halogens is 3. The number of hydrogen-bond donors (Lipinski definition) is 1. The second kappa shape index (κ2) is 5.44. The SMILES string of the molecule is CC(C)NCc1coc(-c2ccc(F)c(F)c2F)n1. The summed E-state index contributed by atoms with van der Waals surface area (Å²) in [4.78, 5) is 4.03. The zero-order chi connectivity index (χ0) is 14.0. The third-order valence-electron chi connectivity index (χ3n) is 2.51. The standard InChI is InChI=1S/C13H13F3N2O/c1-7(2)17-5-8-6-19-13(18-8)9-3-4-10(14)12(16)11(9)15/h3-4,6-7,17H,5H2,1-2H3. The molecule has 2 rings (SSSR count). The maximum Gasteiger partial charge on any atom is 0.229 e. The minimum Gasteiger partial charge on any atom is -0.444 e. The van der Waals surface area contributed by atoms with Gasteiger partial charge in [-0.3, -0.25) is 0 Å². The first-order valence-corrected chi connectivity index (χ1v) is 5.80. The highest BCUT2D eigenvalue weighted by Crippen LogP contribution is 2.25. The van der Waals surface area contributed by atoms with Crippen molar-refractivity contribution in [3.63, 3.8) is 0 Å². The summed E-state index contributed by atoms with van der Waals surface area (Å²) < 4.78 is 44.5. The highest BCUT2D eigenvalue weighted by molar-refractivity contribution is 5.54. The average molecular weight is 270 g/mol. The van der Waals surface area contributed by atoms with Gasteiger partial charge in [0, 0.05) is 12.6 Å². The summed E-state index contributed by atoms with van der Waals surface area (Å²) in [6.45, 7) is 4.39. The molecule has 2 aromatic rings. The molecule has 0 aliphatic heterocycles. The van der Waals surface area contributed by atoms with Crippen LogP contribution in [-0.4, -0.2) is 11.0 Å². The van der Waals surface area contributed by atoms with Crippen LogP contribution in [0.25, 0.3) is 11.5 Å². The van der Waals surface area contributed by atoms with E-state index >= 15 is 0 Å². The normalized spacial score (nSPS) is 11.3. The molecule has 0 atom stereocenters. The molecule has 1 N–H and O–H groups in total. The van der Waals surface area contributed by atoms with Gasteiger partial charge in [-0.15, -0.1) is 0 Å². The topological polar surface area (TPSA) is 38.1 Å². The molecule has 102 valence electrons. The summed E-state index contributed by atoms with van der Waals surface area (Å²) >= 11 is 0. The molecule has 0 saturated carbocycles. The van der Waals surface area contributed by atoms with Gasteiger partial charge in [-0.2, -0.15) is 0 Å². The van der Waals surface area contributed by atoms with Crippen molar-refractivity contribution in [3.8, 4) is 11.5 Å². The molecule has 0 unspecified atom stereocenters. The van der Waals surface area contributed by atoms with Crippen LogP contribution in [0.4, 0.5) is 13.2 Å². The number of nitrogens with zero attached hydrogens (tertiary/aromatic N) is 1. The molecule has 0 bridgehead atoms. The van der Waals surface area contributed by atoms with E-state index in [-0.39, 0.29) is 17.5 Å². The second-order valence-electron chi connectivity index (χ2n) is 4.40. The van der Waals surface area contributed by atoms with Gasteiger partial charge < -0.3 is 9.73 Å². The van der Waals surface area contributed by atoms with Crippen molar-refractivity contribution in [1.82, 2.24) is 10.3 Å². The van der Waals surface area contributed by atoms with E-state index in [4.69, 9.17) is 4.42 Å². The predicted molar refractivity (Wildman–Crippen MR) is 63.8 cm³/mol. The Kier molecular flexibility index (Phi) is 3.90. The molecule has 0 spiro atoms. The molecule has 1 aromatic carbocycles. The van der Waals surface area contributed by atoms with Crippen LogP contribution in [0.2, 0.25) is 0 Å². The van der Waals surface area contributed by atoms with Gasteiger partial charge >= 0.3 is 0 Å². The number of nitrogens with one attached hydrogen (secondary N) is 1. The largest absolute Gasteiger partial charge is 0.444 e. The molecule has 6 heteroatoms. The first kappa shape index (κ1) is 13.6. The number of rotatable bonds is 4. The first-order valence-electron chi connectivity index (χ1n) is 5.80. The van der Waals surface area contributed by atoms with E-state index in [2.05, 4.69) is 10.3 Å². The van der Waals surface area contributed by atoms with Crippen molar-refractivity contribution >= 4 is 0 Å². The van der Waals surface area contributed by atoms with Crippen molar-refractivity contribution in [2.24, 2.45) is 0 Å². The highest BCUT2D eigenvalue weighted by Gasteiger charge is 2.18. The summed E-state index contributed by atoms with van der Waals surface area (Å²) in [6.07, 6.45) is 1.35. The molecule has 0 radical (unpaired) electrons. The molecule has 19 heavy (non-hydrogen) atoms. The molecule has 0 amide bonds. The fourth-order valence-electron chi connectivity index (χ4n) is 1.51. The molecular formula is C13H13F3N2O. The van der Waals surface area contributed by atoms with Crippen molar-refractivity contribution in [1.29, 1.82) is 0 Å². The van der Waals surface area contributed by atoms with Gasteiger partial charge in [0.2, 0.25) is 5.89 Å². The lowest BCUT2D eigenvalue weighted by molar-refractivity contribution is 0.446. The summed E-state index contributed by atoms with van der Waals surface area (Å²) in [5, 5.41) is 3.11. The average Bonchev–Trinajstić information content (AvgIpc) is 2.82. The smallest absolute Gasteiger partial charge is 0.229 e. The van der Waals surface area contributed by atoms with E-state index in [0.717, 1.165) is 12.1 Å². The molecular weight excluding hydrogens is 257 g/mol. The molecule has 0 aliphatic carbocycles. The Morgan fingerprint density at radius 2 is 1.95 bits per heavy atom. The van der Waals surface area contributed by atoms with Gasteiger partial charge in [0.15, 0.2) is 17.5 Å². The monoisotopic (exact) mass is 270 g/mol. The number of hydrogen-bond acceptors (Lipinski definition) is 3. The van der Waals surface area contributed by atoms with Crippen LogP contribution >= 0.6 is 0 Å². The van der Waals surface area contributed by atoms with Crippen molar-refractivity contribution in [2.45, 2.75) is 26.4 Å². The molecule has 1 aromatic heterocycles. The van der Waals surface area contributed by atoms with Crippen LogP contribution in [0.3, 0.4) is 0 Å². The maximum atomic E-state index is 13.5. The van der Waals surface area contributed by atoms with Crippen LogP contribution in [0, 0.1) is 17.5 Å². The van der Waals surface area contributed by atoms with E-state index < -0.39 is 17.5 Å². The molecule has 3 nitrogen and oxygen atoms in total. The van der Waals surface area contributed by atoms with Crippen LogP contribution in [-0.2, 0) is 6.54 Å². The minimum absolute atomic E-state index is 0.0723. The third kappa shape index (κ3) is 2.96. The number of aromatic nitrogens is 1. The molecule has 1 heterocycles. The number of oxazole rings is 1. The molecule has 0 aliphatic rings. The first-order chi connectivity index (χ1) is 8.99. The Morgan fingerprint density at radius 1 is 1.21 bits per heavy atom. The lowest BCUT2D eigenvalue weighted by atomic mass is 10.2. The van der Waals surface area contributed by atoms with Crippen molar-refractivity contribution < 1.29 is 17.6 Å². The van der Waals surface area contributed by atoms with Crippen LogP contribution in [0.5, 0.6) is 0 Å². The fourth-order valence-corrected chi connectivity index (χ4v) is 1.51. The minimum atomic E-state index is -1.53. The zero-order valence-electron chi connectivity index (χ0n) is 10.5. The lowest BCUT2D eigenvalue weighted by Gasteiger charge is -2.04. The quantitative estimate of drug-likeness (QED) is 0.867. The highest BCUT2D eigenvalue weighted by atomic mass is 19.2. The third-order valence-corrected chi connectivity index (χ3v) is 2.51. The lowest BCUT2D eigenvalue weighted by Crippen LogP contribution is -2.21. The Bertz CT molecular complexity index is 581. The fraction of sp³-hybridized carbons (Fsp3) is 0.308. The van der Waals surface area contributed by atoms with E-state index in [0.29, 0.717) is 12.2 Å². The second-order valence-corrected chi connectivity index (χ2v) is 4.40. The van der Waals surface area contributed by atoms with E-state index in [1.807, 2.05) is 13.8 Å². The summed E-state index contributed by atoms with van der Waals surface area (Å²) in [5.41, 5.74) is 0.363. The van der Waals surface area contributed by atoms with Crippen LogP contribution < -0.4 is 5.32 Å². The molecule has 0 fully saturated rings. The Morgan fingerprint density at radius 3 is 2.63 bits per heavy atom. The zero-order valence-corrected chi connectivity index (χ0v) is 10.5. The summed E-state index contributed by atoms with van der Waals surface area (Å²) in [6, 6.07) is 2.20. The van der Waals surface area contributed by atoms with Gasteiger partial charge in [-0.05, 0) is 12.1 Å². The van der Waals surface area contributed by atoms with E-state index in [1.54, 1.807) is 0 Å². The number of benzene rings is 1. The van der Waals surface area contributed by atoms with Crippen molar-refractivity contribution in [3.05, 3.63) is 41.5 Å². The predicted octanol–water partition coefficient (Wildman–Crippen LogP) is 3.26. The summed E-state index contributed by atoms with van der Waals surface area (Å²) in [7, 11) is 0. The summed E-state index contributed by atoms with van der Waals surface area (Å²) in [5.74, 6) is -4.14. The van der Waals surface area contributed by atoms with Gasteiger partial charge in [0.1, 0.15) is 6.26 Å². The van der Waals surface area contributed by atoms with E-state index in [1.165, 1.54) is 6.26 Å². The van der Waals surface area contributed by atoms with Crippen LogP contribution in [0.15, 0.2) is 22.8 Å². The van der Waals surface area contributed by atoms with Crippen LogP contribution in [0.1, 0.15) is 19.5 Å². The van der Waals surface area contributed by atoms with Gasteiger partial charge in [0.05, 0.1) is 11.3 Å². The Hall–Kier alpha value is -1.82. The Labute approximate surface area is 108 Å². The Balaban J connectivity index is 2.26. The van der Waals surface area contributed by atoms with Gasteiger partial charge in [-0.1, -0.05) is 13.8 Å².